The molecule has 0 bridgehead atoms. The summed E-state index contributed by atoms with van der Waals surface area (Å²) in [5.41, 5.74) is 4.77. The van der Waals surface area contributed by atoms with Gasteiger partial charge in [0.05, 0.1) is 24.8 Å². The van der Waals surface area contributed by atoms with Crippen molar-refractivity contribution in [3.8, 4) is 22.6 Å². The maximum absolute atomic E-state index is 6.49. The lowest BCUT2D eigenvalue weighted by Gasteiger charge is -2.26. The van der Waals surface area contributed by atoms with Crippen LogP contribution >= 0.6 is 11.6 Å². The third kappa shape index (κ3) is 2.92. The van der Waals surface area contributed by atoms with Crippen molar-refractivity contribution in [1.29, 1.82) is 0 Å². The van der Waals surface area contributed by atoms with Crippen molar-refractivity contribution < 1.29 is 9.47 Å². The van der Waals surface area contributed by atoms with E-state index in [0.717, 1.165) is 40.3 Å². The summed E-state index contributed by atoms with van der Waals surface area (Å²) in [6.07, 6.45) is 6.54. The van der Waals surface area contributed by atoms with Gasteiger partial charge in [-0.1, -0.05) is 32.4 Å². The first-order valence-corrected chi connectivity index (χ1v) is 9.10. The van der Waals surface area contributed by atoms with Crippen molar-refractivity contribution in [3.05, 3.63) is 46.9 Å². The van der Waals surface area contributed by atoms with E-state index < -0.39 is 0 Å². The van der Waals surface area contributed by atoms with E-state index in [2.05, 4.69) is 37.9 Å². The Morgan fingerprint density at radius 3 is 2.27 bits per heavy atom. The fraction of sp³-hybridized carbons (Fsp3) is 0.381. The highest BCUT2D eigenvalue weighted by Gasteiger charge is 2.26. The fourth-order valence-corrected chi connectivity index (χ4v) is 3.37. The molecule has 0 N–H and O–H groups in total. The van der Waals surface area contributed by atoms with Gasteiger partial charge in [-0.2, -0.15) is 0 Å². The van der Waals surface area contributed by atoms with Crippen LogP contribution in [0.4, 0.5) is 0 Å². The van der Waals surface area contributed by atoms with Crippen LogP contribution in [0.1, 0.15) is 38.3 Å². The van der Waals surface area contributed by atoms with E-state index in [0.29, 0.717) is 5.02 Å². The smallest absolute Gasteiger partial charge is 0.145 e. The van der Waals surface area contributed by atoms with E-state index in [4.69, 9.17) is 21.1 Å². The van der Waals surface area contributed by atoms with Crippen LogP contribution in [0.15, 0.2) is 30.7 Å². The molecular weight excluding hydrogens is 348 g/mol. The zero-order valence-electron chi connectivity index (χ0n) is 16.2. The summed E-state index contributed by atoms with van der Waals surface area (Å²) in [6.45, 7) is 8.62. The highest BCUT2D eigenvalue weighted by Crippen LogP contribution is 2.46. The Morgan fingerprint density at radius 1 is 1.12 bits per heavy atom. The molecule has 5 heteroatoms. The molecule has 0 unspecified atom stereocenters. The summed E-state index contributed by atoms with van der Waals surface area (Å²) in [7, 11) is 3.37. The van der Waals surface area contributed by atoms with Gasteiger partial charge in [-0.3, -0.25) is 0 Å². The fourth-order valence-electron chi connectivity index (χ4n) is 3.17. The van der Waals surface area contributed by atoms with E-state index in [1.807, 2.05) is 23.7 Å². The molecule has 0 radical (unpaired) electrons. The maximum atomic E-state index is 6.49. The molecule has 138 valence electrons. The highest BCUT2D eigenvalue weighted by atomic mass is 35.5. The van der Waals surface area contributed by atoms with Crippen molar-refractivity contribution in [2.75, 3.05) is 14.2 Å². The van der Waals surface area contributed by atoms with E-state index in [1.54, 1.807) is 20.4 Å². The Labute approximate surface area is 159 Å². The van der Waals surface area contributed by atoms with Crippen molar-refractivity contribution >= 4 is 17.2 Å². The van der Waals surface area contributed by atoms with E-state index in [9.17, 15) is 0 Å². The second-order valence-corrected chi connectivity index (χ2v) is 7.54. The molecule has 0 aliphatic carbocycles. The Morgan fingerprint density at radius 2 is 1.73 bits per heavy atom. The molecule has 3 aromatic rings. The first-order valence-electron chi connectivity index (χ1n) is 8.72. The van der Waals surface area contributed by atoms with Crippen LogP contribution in [0.3, 0.4) is 0 Å². The first-order chi connectivity index (χ1) is 12.3. The number of halogens is 1. The summed E-state index contributed by atoms with van der Waals surface area (Å²) < 4.78 is 13.5. The van der Waals surface area contributed by atoms with Crippen LogP contribution < -0.4 is 9.47 Å². The molecule has 3 rings (SSSR count). The van der Waals surface area contributed by atoms with Gasteiger partial charge in [-0.15, -0.1) is 0 Å². The van der Waals surface area contributed by atoms with Crippen LogP contribution in [0.2, 0.25) is 5.02 Å². The van der Waals surface area contributed by atoms with Gasteiger partial charge in [-0.25, -0.2) is 4.98 Å². The second-order valence-electron chi connectivity index (χ2n) is 7.13. The van der Waals surface area contributed by atoms with Gasteiger partial charge in [0, 0.05) is 24.2 Å². The molecule has 2 heterocycles. The summed E-state index contributed by atoms with van der Waals surface area (Å²) in [5.74, 6) is 1.52. The number of ether oxygens (including phenoxy) is 2. The molecule has 26 heavy (non-hydrogen) atoms. The summed E-state index contributed by atoms with van der Waals surface area (Å²) in [5, 5.41) is 0.674. The zero-order valence-corrected chi connectivity index (χ0v) is 16.9. The quantitative estimate of drug-likeness (QED) is 0.579. The maximum Gasteiger partial charge on any atom is 0.145 e. The molecular formula is C21H25ClN2O2. The summed E-state index contributed by atoms with van der Waals surface area (Å²) in [6, 6.07) is 4.20. The third-order valence-electron chi connectivity index (χ3n) is 5.30. The SMILES string of the molecule is CCC(C)(C)c1cc(OC)c(-c2c(C)c(Cl)cn3ccnc23)c(OC)c1. The molecule has 0 saturated heterocycles. The topological polar surface area (TPSA) is 35.8 Å². The van der Waals surface area contributed by atoms with E-state index in [1.165, 1.54) is 5.56 Å². The number of hydrogen-bond acceptors (Lipinski definition) is 3. The monoisotopic (exact) mass is 372 g/mol. The van der Waals surface area contributed by atoms with Gasteiger partial charge in [0.25, 0.3) is 0 Å². The molecule has 0 aliphatic rings. The Balaban J connectivity index is 2.39. The lowest BCUT2D eigenvalue weighted by atomic mass is 9.81. The lowest BCUT2D eigenvalue weighted by molar-refractivity contribution is 0.392. The summed E-state index contributed by atoms with van der Waals surface area (Å²) >= 11 is 6.49. The Kier molecular flexibility index (Phi) is 4.89. The van der Waals surface area contributed by atoms with Crippen LogP contribution in [0, 0.1) is 6.92 Å². The van der Waals surface area contributed by atoms with Gasteiger partial charge in [0.1, 0.15) is 17.1 Å². The minimum atomic E-state index is 0.0189. The standard InChI is InChI=1S/C21H25ClN2O2/c1-7-21(3,4)14-10-16(25-5)19(17(11-14)26-6)18-13(2)15(22)12-24-9-8-23-20(18)24/h8-12H,7H2,1-6H3. The van der Waals surface area contributed by atoms with Gasteiger partial charge in [-0.05, 0) is 42.0 Å². The number of hydrogen-bond donors (Lipinski definition) is 0. The average molecular weight is 373 g/mol. The van der Waals surface area contributed by atoms with Crippen molar-refractivity contribution in [3.63, 3.8) is 0 Å². The lowest BCUT2D eigenvalue weighted by Crippen LogP contribution is -2.16. The Bertz CT molecular complexity index is 935. The predicted octanol–water partition coefficient (Wildman–Crippen LogP) is 5.67. The zero-order chi connectivity index (χ0) is 19.1. The van der Waals surface area contributed by atoms with Gasteiger partial charge >= 0.3 is 0 Å². The normalized spacial score (nSPS) is 11.8. The molecule has 4 nitrogen and oxygen atoms in total. The molecule has 0 spiro atoms. The molecule has 0 saturated carbocycles. The van der Waals surface area contributed by atoms with E-state index in [-0.39, 0.29) is 5.41 Å². The number of aromatic nitrogens is 2. The molecule has 1 aromatic carbocycles. The minimum absolute atomic E-state index is 0.0189. The highest BCUT2D eigenvalue weighted by molar-refractivity contribution is 6.31. The van der Waals surface area contributed by atoms with Gasteiger partial charge < -0.3 is 13.9 Å². The Hall–Kier alpha value is -2.20. The second kappa shape index (κ2) is 6.84. The molecule has 0 fully saturated rings. The van der Waals surface area contributed by atoms with Crippen LogP contribution in [-0.4, -0.2) is 23.6 Å². The van der Waals surface area contributed by atoms with Gasteiger partial charge in [0.15, 0.2) is 0 Å². The van der Waals surface area contributed by atoms with E-state index >= 15 is 0 Å². The van der Waals surface area contributed by atoms with Crippen LogP contribution in [-0.2, 0) is 5.41 Å². The third-order valence-corrected chi connectivity index (χ3v) is 5.68. The molecule has 0 aliphatic heterocycles. The number of fused-ring (bicyclic) bond motifs is 1. The van der Waals surface area contributed by atoms with Crippen LogP contribution in [0.5, 0.6) is 11.5 Å². The average Bonchev–Trinajstić information content (AvgIpc) is 3.09. The number of rotatable bonds is 5. The predicted molar refractivity (Wildman–Crippen MR) is 107 cm³/mol. The van der Waals surface area contributed by atoms with Gasteiger partial charge in [0.2, 0.25) is 0 Å². The van der Waals surface area contributed by atoms with Crippen molar-refractivity contribution in [2.45, 2.75) is 39.5 Å². The van der Waals surface area contributed by atoms with Crippen LogP contribution in [0.25, 0.3) is 16.8 Å². The van der Waals surface area contributed by atoms with Crippen molar-refractivity contribution in [2.24, 2.45) is 0 Å². The number of pyridine rings is 1. The molecule has 0 atom stereocenters. The number of methoxy groups -OCH3 is 2. The number of imidazole rings is 1. The van der Waals surface area contributed by atoms with Crippen molar-refractivity contribution in [1.82, 2.24) is 9.38 Å². The minimum Gasteiger partial charge on any atom is -0.496 e. The largest absolute Gasteiger partial charge is 0.496 e. The first kappa shape index (κ1) is 18.6. The number of benzene rings is 1. The summed E-state index contributed by atoms with van der Waals surface area (Å²) in [4.78, 5) is 4.53. The molecule has 2 aromatic heterocycles. The number of nitrogens with zero attached hydrogens (tertiary/aromatic N) is 2. The molecule has 0 amide bonds.